The first-order valence-corrected chi connectivity index (χ1v) is 7.19. The Morgan fingerprint density at radius 1 is 1.47 bits per heavy atom. The van der Waals surface area contributed by atoms with E-state index in [9.17, 15) is 8.42 Å². The van der Waals surface area contributed by atoms with Gasteiger partial charge in [-0.3, -0.25) is 4.72 Å². The maximum absolute atomic E-state index is 12.2. The lowest BCUT2D eigenvalue weighted by atomic mass is 10.4. The van der Waals surface area contributed by atoms with E-state index in [1.54, 1.807) is 23.6 Å². The van der Waals surface area contributed by atoms with Gasteiger partial charge in [-0.1, -0.05) is 0 Å². The van der Waals surface area contributed by atoms with Gasteiger partial charge in [0.1, 0.15) is 5.82 Å². The summed E-state index contributed by atoms with van der Waals surface area (Å²) >= 11 is 0. The molecule has 0 spiro atoms. The average molecular weight is 281 g/mol. The van der Waals surface area contributed by atoms with Crippen LogP contribution in [0.4, 0.5) is 11.5 Å². The molecule has 2 heterocycles. The molecule has 102 valence electrons. The molecule has 0 unspecified atom stereocenters. The highest BCUT2D eigenvalue weighted by Gasteiger charge is 2.20. The number of anilines is 2. The van der Waals surface area contributed by atoms with Crippen LogP contribution in [0.2, 0.25) is 0 Å². The second-order valence-corrected chi connectivity index (χ2v) is 5.59. The molecule has 3 N–H and O–H groups in total. The van der Waals surface area contributed by atoms with Gasteiger partial charge < -0.3 is 10.3 Å². The summed E-state index contributed by atoms with van der Waals surface area (Å²) in [6.07, 6.45) is 2.95. The monoisotopic (exact) mass is 281 g/mol. The molecule has 0 radical (unpaired) electrons. The number of nitrogens with one attached hydrogen (secondary N) is 1. The van der Waals surface area contributed by atoms with Gasteiger partial charge in [0.05, 0.1) is 5.69 Å². The first kappa shape index (κ1) is 13.3. The third-order valence-electron chi connectivity index (χ3n) is 2.64. The average Bonchev–Trinajstić information content (AvgIpc) is 2.74. The molecule has 8 heteroatoms. The van der Waals surface area contributed by atoms with Crippen molar-refractivity contribution in [3.8, 4) is 0 Å². The Labute approximate surface area is 111 Å². The van der Waals surface area contributed by atoms with Crippen LogP contribution in [0.1, 0.15) is 12.7 Å². The molecule has 0 saturated carbocycles. The lowest BCUT2D eigenvalue weighted by Gasteiger charge is -2.06. The fourth-order valence-corrected chi connectivity index (χ4v) is 2.66. The third-order valence-corrected chi connectivity index (χ3v) is 3.85. The van der Waals surface area contributed by atoms with E-state index in [1.807, 2.05) is 6.92 Å². The normalized spacial score (nSPS) is 11.5. The molecule has 0 saturated heterocycles. The predicted molar refractivity (Wildman–Crippen MR) is 72.1 cm³/mol. The number of hydrogen-bond acceptors (Lipinski definition) is 5. The topological polar surface area (TPSA) is 103 Å². The van der Waals surface area contributed by atoms with Crippen LogP contribution >= 0.6 is 0 Å². The summed E-state index contributed by atoms with van der Waals surface area (Å²) < 4.78 is 28.4. The molecule has 2 aromatic heterocycles. The predicted octanol–water partition coefficient (Wildman–Crippen LogP) is 0.989. The molecule has 0 aromatic carbocycles. The van der Waals surface area contributed by atoms with Gasteiger partial charge in [0, 0.05) is 18.9 Å². The summed E-state index contributed by atoms with van der Waals surface area (Å²) in [5.74, 6) is 0.739. The lowest BCUT2D eigenvalue weighted by Crippen LogP contribution is -2.15. The Bertz CT molecular complexity index is 693. The van der Waals surface area contributed by atoms with Gasteiger partial charge in [-0.05, 0) is 26.0 Å². The van der Waals surface area contributed by atoms with Gasteiger partial charge in [0.15, 0.2) is 10.8 Å². The maximum atomic E-state index is 12.2. The zero-order chi connectivity index (χ0) is 14.0. The van der Waals surface area contributed by atoms with Gasteiger partial charge in [0.2, 0.25) is 0 Å². The van der Waals surface area contributed by atoms with Crippen molar-refractivity contribution in [3.05, 3.63) is 30.4 Å². The molecular formula is C11H15N5O2S. The van der Waals surface area contributed by atoms with E-state index in [1.165, 1.54) is 12.4 Å². The summed E-state index contributed by atoms with van der Waals surface area (Å²) in [6.45, 7) is 4.31. The standard InChI is InChI=1S/C11H15N5O2S/c1-3-16-7-10(14-8(16)2)19(17,18)15-11-9(12)5-4-6-13-11/h4-7H,3,12H2,1-2H3,(H,13,15). The van der Waals surface area contributed by atoms with Crippen molar-refractivity contribution in [2.45, 2.75) is 25.4 Å². The van der Waals surface area contributed by atoms with Crippen molar-refractivity contribution in [2.75, 3.05) is 10.5 Å². The van der Waals surface area contributed by atoms with E-state index < -0.39 is 10.0 Å². The fraction of sp³-hybridized carbons (Fsp3) is 0.273. The number of aromatic nitrogens is 3. The Hall–Kier alpha value is -2.09. The summed E-state index contributed by atoms with van der Waals surface area (Å²) in [7, 11) is -3.77. The number of hydrogen-bond donors (Lipinski definition) is 2. The van der Waals surface area contributed by atoms with Crippen LogP contribution in [0.15, 0.2) is 29.6 Å². The van der Waals surface area contributed by atoms with Crippen molar-refractivity contribution in [1.29, 1.82) is 0 Å². The Balaban J connectivity index is 2.35. The molecule has 7 nitrogen and oxygen atoms in total. The number of pyridine rings is 1. The molecule has 0 amide bonds. The Kier molecular flexibility index (Phi) is 3.43. The molecule has 0 aliphatic rings. The smallest absolute Gasteiger partial charge is 0.282 e. The van der Waals surface area contributed by atoms with Crippen LogP contribution in [0, 0.1) is 6.92 Å². The van der Waals surface area contributed by atoms with E-state index in [4.69, 9.17) is 5.73 Å². The molecule has 2 rings (SSSR count). The largest absolute Gasteiger partial charge is 0.396 e. The molecule has 0 fully saturated rings. The number of nitrogens with two attached hydrogens (primary N) is 1. The summed E-state index contributed by atoms with van der Waals surface area (Å²) in [4.78, 5) is 7.91. The minimum atomic E-state index is -3.77. The third kappa shape index (κ3) is 2.68. The van der Waals surface area contributed by atoms with Crippen molar-refractivity contribution in [3.63, 3.8) is 0 Å². The van der Waals surface area contributed by atoms with Gasteiger partial charge in [-0.15, -0.1) is 0 Å². The van der Waals surface area contributed by atoms with Crippen molar-refractivity contribution >= 4 is 21.5 Å². The molecule has 19 heavy (non-hydrogen) atoms. The first-order chi connectivity index (χ1) is 8.94. The first-order valence-electron chi connectivity index (χ1n) is 5.71. The highest BCUT2D eigenvalue weighted by Crippen LogP contribution is 2.18. The van der Waals surface area contributed by atoms with Crippen molar-refractivity contribution in [1.82, 2.24) is 14.5 Å². The molecular weight excluding hydrogens is 266 g/mol. The van der Waals surface area contributed by atoms with Gasteiger partial charge in [-0.25, -0.2) is 9.97 Å². The van der Waals surface area contributed by atoms with Crippen LogP contribution in [0.3, 0.4) is 0 Å². The minimum Gasteiger partial charge on any atom is -0.396 e. The van der Waals surface area contributed by atoms with Crippen LogP contribution < -0.4 is 10.5 Å². The van der Waals surface area contributed by atoms with Crippen LogP contribution in [0.5, 0.6) is 0 Å². The summed E-state index contributed by atoms with van der Waals surface area (Å²) in [5, 5.41) is -0.0445. The molecule has 0 atom stereocenters. The second-order valence-electron chi connectivity index (χ2n) is 3.96. The lowest BCUT2D eigenvalue weighted by molar-refractivity contribution is 0.597. The van der Waals surface area contributed by atoms with E-state index in [-0.39, 0.29) is 16.5 Å². The van der Waals surface area contributed by atoms with Crippen LogP contribution in [0.25, 0.3) is 0 Å². The van der Waals surface area contributed by atoms with E-state index in [0.717, 1.165) is 0 Å². The summed E-state index contributed by atoms with van der Waals surface area (Å²) in [5.41, 5.74) is 5.91. The molecule has 0 aliphatic carbocycles. The van der Waals surface area contributed by atoms with E-state index in [0.29, 0.717) is 12.4 Å². The Morgan fingerprint density at radius 3 is 2.79 bits per heavy atom. The number of sulfonamides is 1. The molecule has 0 bridgehead atoms. The highest BCUT2D eigenvalue weighted by atomic mass is 32.2. The van der Waals surface area contributed by atoms with Crippen LogP contribution in [-0.2, 0) is 16.6 Å². The number of imidazole rings is 1. The number of aryl methyl sites for hydroxylation is 2. The van der Waals surface area contributed by atoms with Crippen molar-refractivity contribution < 1.29 is 8.42 Å². The van der Waals surface area contributed by atoms with Gasteiger partial charge in [-0.2, -0.15) is 8.42 Å². The number of nitrogens with zero attached hydrogens (tertiary/aromatic N) is 3. The zero-order valence-corrected chi connectivity index (χ0v) is 11.5. The van der Waals surface area contributed by atoms with Crippen molar-refractivity contribution in [2.24, 2.45) is 0 Å². The fourth-order valence-electron chi connectivity index (χ4n) is 1.61. The van der Waals surface area contributed by atoms with Crippen LogP contribution in [-0.4, -0.2) is 23.0 Å². The highest BCUT2D eigenvalue weighted by molar-refractivity contribution is 7.92. The second kappa shape index (κ2) is 4.88. The molecule has 0 aliphatic heterocycles. The van der Waals surface area contributed by atoms with E-state index in [2.05, 4.69) is 14.7 Å². The SMILES string of the molecule is CCn1cc(S(=O)(=O)Nc2ncccc2N)nc1C. The quantitative estimate of drug-likeness (QED) is 0.870. The maximum Gasteiger partial charge on any atom is 0.282 e. The summed E-state index contributed by atoms with van der Waals surface area (Å²) in [6, 6.07) is 3.20. The minimum absolute atomic E-state index is 0.0445. The number of rotatable bonds is 4. The Morgan fingerprint density at radius 2 is 2.21 bits per heavy atom. The van der Waals surface area contributed by atoms with Gasteiger partial charge in [0.25, 0.3) is 10.0 Å². The zero-order valence-electron chi connectivity index (χ0n) is 10.7. The molecule has 2 aromatic rings. The van der Waals surface area contributed by atoms with Gasteiger partial charge >= 0.3 is 0 Å². The number of nitrogen functional groups attached to an aromatic ring is 1. The van der Waals surface area contributed by atoms with E-state index >= 15 is 0 Å².